The molecule has 2 rings (SSSR count). The Morgan fingerprint density at radius 1 is 1.21 bits per heavy atom. The first kappa shape index (κ1) is 14.3. The molecule has 104 valence electrons. The number of hydrogen-bond donors (Lipinski definition) is 0. The van der Waals surface area contributed by atoms with Crippen molar-refractivity contribution in [3.8, 4) is 0 Å². The summed E-state index contributed by atoms with van der Waals surface area (Å²) in [6, 6.07) is 7.96. The molecule has 0 bridgehead atoms. The van der Waals surface area contributed by atoms with Crippen LogP contribution < -0.4 is 0 Å². The van der Waals surface area contributed by atoms with Crippen molar-refractivity contribution in [3.63, 3.8) is 0 Å². The number of likely N-dealkylation sites (tertiary alicyclic amines) is 1. The molecule has 0 radical (unpaired) electrons. The van der Waals surface area contributed by atoms with Crippen LogP contribution in [0.5, 0.6) is 0 Å². The highest BCUT2D eigenvalue weighted by Crippen LogP contribution is 2.19. The Hall–Kier alpha value is -1.15. The van der Waals surface area contributed by atoms with Crippen molar-refractivity contribution in [2.45, 2.75) is 39.5 Å². The number of carbonyl (C=O) groups is 1. The highest BCUT2D eigenvalue weighted by atomic mass is 16.1. The van der Waals surface area contributed by atoms with E-state index >= 15 is 0 Å². The first-order valence-electron chi connectivity index (χ1n) is 7.54. The van der Waals surface area contributed by atoms with Gasteiger partial charge in [0.25, 0.3) is 0 Å². The molecule has 0 N–H and O–H groups in total. The van der Waals surface area contributed by atoms with Gasteiger partial charge in [-0.25, -0.2) is 0 Å². The van der Waals surface area contributed by atoms with Crippen LogP contribution in [0.4, 0.5) is 0 Å². The molecule has 1 fully saturated rings. The Labute approximate surface area is 116 Å². The predicted octanol–water partition coefficient (Wildman–Crippen LogP) is 3.69. The van der Waals surface area contributed by atoms with Gasteiger partial charge in [-0.15, -0.1) is 0 Å². The minimum absolute atomic E-state index is 0.152. The monoisotopic (exact) mass is 259 g/mol. The van der Waals surface area contributed by atoms with E-state index in [0.29, 0.717) is 5.78 Å². The van der Waals surface area contributed by atoms with Crippen LogP contribution in [0.25, 0.3) is 0 Å². The lowest BCUT2D eigenvalue weighted by molar-refractivity contribution is 0.0863. The molecule has 0 aliphatic carbocycles. The summed E-state index contributed by atoms with van der Waals surface area (Å²) in [4.78, 5) is 15.1. The maximum Gasteiger partial charge on any atom is 0.167 e. The van der Waals surface area contributed by atoms with E-state index in [1.165, 1.54) is 19.3 Å². The summed E-state index contributed by atoms with van der Waals surface area (Å²) in [6.07, 6.45) is 4.85. The van der Waals surface area contributed by atoms with Crippen molar-refractivity contribution in [2.75, 3.05) is 19.6 Å². The summed E-state index contributed by atoms with van der Waals surface area (Å²) in [5.74, 6) is 0.477. The molecule has 1 saturated heterocycles. The quantitative estimate of drug-likeness (QED) is 0.752. The normalized spacial score (nSPS) is 18.2. The second kappa shape index (κ2) is 6.85. The van der Waals surface area contributed by atoms with Gasteiger partial charge in [0, 0.05) is 18.0 Å². The number of nitrogens with zero attached hydrogens (tertiary/aromatic N) is 1. The van der Waals surface area contributed by atoms with Gasteiger partial charge in [-0.2, -0.15) is 0 Å². The van der Waals surface area contributed by atoms with Crippen LogP contribution in [0, 0.1) is 12.8 Å². The first-order chi connectivity index (χ1) is 9.22. The SMILES string of the molecule is CCC(CN1CCCCC1)C(=O)c1ccccc1C. The summed E-state index contributed by atoms with van der Waals surface area (Å²) in [5, 5.41) is 0. The number of Topliss-reactive ketones (excluding diaryl/α,β-unsaturated/α-hetero) is 1. The summed E-state index contributed by atoms with van der Waals surface area (Å²) in [6.45, 7) is 7.42. The standard InChI is InChI=1S/C17H25NO/c1-3-15(13-18-11-7-4-8-12-18)17(19)16-10-6-5-9-14(16)2/h5-6,9-10,15H,3-4,7-8,11-13H2,1-2H3. The highest BCUT2D eigenvalue weighted by molar-refractivity contribution is 5.99. The van der Waals surface area contributed by atoms with E-state index in [0.717, 1.165) is 37.2 Å². The third kappa shape index (κ3) is 3.66. The molecule has 0 amide bonds. The lowest BCUT2D eigenvalue weighted by atomic mass is 9.91. The van der Waals surface area contributed by atoms with E-state index in [1.807, 2.05) is 31.2 Å². The zero-order valence-corrected chi connectivity index (χ0v) is 12.2. The molecule has 1 unspecified atom stereocenters. The molecule has 1 aromatic carbocycles. The van der Waals surface area contributed by atoms with Crippen LogP contribution in [0.15, 0.2) is 24.3 Å². The van der Waals surface area contributed by atoms with E-state index in [9.17, 15) is 4.79 Å². The molecule has 1 heterocycles. The number of carbonyl (C=O) groups excluding carboxylic acids is 1. The molecular formula is C17H25NO. The van der Waals surface area contributed by atoms with Crippen molar-refractivity contribution < 1.29 is 4.79 Å². The lowest BCUT2D eigenvalue weighted by Crippen LogP contribution is -2.36. The van der Waals surface area contributed by atoms with Gasteiger partial charge in [-0.3, -0.25) is 4.79 Å². The number of ketones is 1. The summed E-state index contributed by atoms with van der Waals surface area (Å²) < 4.78 is 0. The third-order valence-corrected chi connectivity index (χ3v) is 4.20. The third-order valence-electron chi connectivity index (χ3n) is 4.20. The number of rotatable bonds is 5. The van der Waals surface area contributed by atoms with Crippen LogP contribution in [-0.2, 0) is 0 Å². The van der Waals surface area contributed by atoms with Crippen LogP contribution in [-0.4, -0.2) is 30.3 Å². The fourth-order valence-corrected chi connectivity index (χ4v) is 2.92. The Kier molecular flexibility index (Phi) is 5.15. The average Bonchev–Trinajstić information content (AvgIpc) is 2.46. The first-order valence-corrected chi connectivity index (χ1v) is 7.54. The zero-order chi connectivity index (χ0) is 13.7. The Morgan fingerprint density at radius 3 is 2.53 bits per heavy atom. The molecular weight excluding hydrogens is 234 g/mol. The second-order valence-electron chi connectivity index (χ2n) is 5.65. The van der Waals surface area contributed by atoms with Gasteiger partial charge in [-0.05, 0) is 44.8 Å². The summed E-state index contributed by atoms with van der Waals surface area (Å²) in [5.41, 5.74) is 2.01. The number of aryl methyl sites for hydroxylation is 1. The Bertz CT molecular complexity index is 421. The van der Waals surface area contributed by atoms with Crippen LogP contribution >= 0.6 is 0 Å². The van der Waals surface area contributed by atoms with Crippen molar-refractivity contribution >= 4 is 5.78 Å². The van der Waals surface area contributed by atoms with Crippen molar-refractivity contribution in [3.05, 3.63) is 35.4 Å². The predicted molar refractivity (Wildman–Crippen MR) is 79.6 cm³/mol. The molecule has 19 heavy (non-hydrogen) atoms. The van der Waals surface area contributed by atoms with E-state index in [4.69, 9.17) is 0 Å². The van der Waals surface area contributed by atoms with Gasteiger partial charge in [0.1, 0.15) is 0 Å². The molecule has 1 aliphatic heterocycles. The van der Waals surface area contributed by atoms with Crippen LogP contribution in [0.1, 0.15) is 48.5 Å². The zero-order valence-electron chi connectivity index (χ0n) is 12.2. The maximum atomic E-state index is 12.6. The Morgan fingerprint density at radius 2 is 1.89 bits per heavy atom. The lowest BCUT2D eigenvalue weighted by Gasteiger charge is -2.29. The van der Waals surface area contributed by atoms with Gasteiger partial charge in [0.2, 0.25) is 0 Å². The van der Waals surface area contributed by atoms with Crippen molar-refractivity contribution in [1.82, 2.24) is 4.90 Å². The van der Waals surface area contributed by atoms with Crippen LogP contribution in [0.2, 0.25) is 0 Å². The summed E-state index contributed by atoms with van der Waals surface area (Å²) in [7, 11) is 0. The van der Waals surface area contributed by atoms with E-state index in [2.05, 4.69) is 11.8 Å². The molecule has 0 saturated carbocycles. The molecule has 1 aromatic rings. The molecule has 1 atom stereocenters. The number of piperidine rings is 1. The minimum Gasteiger partial charge on any atom is -0.303 e. The van der Waals surface area contributed by atoms with Gasteiger partial charge >= 0.3 is 0 Å². The molecule has 2 nitrogen and oxygen atoms in total. The second-order valence-corrected chi connectivity index (χ2v) is 5.65. The average molecular weight is 259 g/mol. The topological polar surface area (TPSA) is 20.3 Å². The fourth-order valence-electron chi connectivity index (χ4n) is 2.92. The van der Waals surface area contributed by atoms with Crippen molar-refractivity contribution in [1.29, 1.82) is 0 Å². The van der Waals surface area contributed by atoms with Gasteiger partial charge in [0.15, 0.2) is 5.78 Å². The number of benzene rings is 1. The van der Waals surface area contributed by atoms with E-state index < -0.39 is 0 Å². The highest BCUT2D eigenvalue weighted by Gasteiger charge is 2.23. The maximum absolute atomic E-state index is 12.6. The Balaban J connectivity index is 2.04. The molecule has 0 spiro atoms. The van der Waals surface area contributed by atoms with Crippen LogP contribution in [0.3, 0.4) is 0 Å². The molecule has 0 aromatic heterocycles. The van der Waals surface area contributed by atoms with E-state index in [-0.39, 0.29) is 5.92 Å². The van der Waals surface area contributed by atoms with Crippen molar-refractivity contribution in [2.24, 2.45) is 5.92 Å². The smallest absolute Gasteiger partial charge is 0.167 e. The largest absolute Gasteiger partial charge is 0.303 e. The van der Waals surface area contributed by atoms with Gasteiger partial charge in [0.05, 0.1) is 0 Å². The summed E-state index contributed by atoms with van der Waals surface area (Å²) >= 11 is 0. The number of hydrogen-bond acceptors (Lipinski definition) is 2. The fraction of sp³-hybridized carbons (Fsp3) is 0.588. The molecule has 1 aliphatic rings. The minimum atomic E-state index is 0.152. The molecule has 2 heteroatoms. The van der Waals surface area contributed by atoms with Gasteiger partial charge in [-0.1, -0.05) is 37.6 Å². The van der Waals surface area contributed by atoms with Gasteiger partial charge < -0.3 is 4.90 Å². The van der Waals surface area contributed by atoms with E-state index in [1.54, 1.807) is 0 Å².